The van der Waals surface area contributed by atoms with Gasteiger partial charge in [0, 0.05) is 12.1 Å². The number of fused-ring (bicyclic) bond motifs is 1. The molecule has 194 valence electrons. The summed E-state index contributed by atoms with van der Waals surface area (Å²) in [5.74, 6) is 0.0810. The van der Waals surface area contributed by atoms with Gasteiger partial charge in [0.2, 0.25) is 5.96 Å². The van der Waals surface area contributed by atoms with Crippen molar-refractivity contribution in [2.45, 2.75) is 25.2 Å². The van der Waals surface area contributed by atoms with Gasteiger partial charge in [-0.15, -0.1) is 0 Å². The van der Waals surface area contributed by atoms with Gasteiger partial charge in [0.1, 0.15) is 18.5 Å². The minimum Gasteiger partial charge on any atom is -0.489 e. The highest BCUT2D eigenvalue weighted by Gasteiger charge is 2.49. The van der Waals surface area contributed by atoms with Crippen LogP contribution in [0.3, 0.4) is 0 Å². The van der Waals surface area contributed by atoms with Crippen LogP contribution in [-0.2, 0) is 4.79 Å². The minimum absolute atomic E-state index is 0.0257. The Morgan fingerprint density at radius 1 is 1.27 bits per heavy atom. The van der Waals surface area contributed by atoms with Crippen molar-refractivity contribution >= 4 is 52.9 Å². The summed E-state index contributed by atoms with van der Waals surface area (Å²) in [6.07, 6.45) is 1.93. The number of carbonyl (C=O) groups excluding carboxylic acids is 2. The van der Waals surface area contributed by atoms with E-state index < -0.39 is 30.2 Å². The fourth-order valence-corrected chi connectivity index (χ4v) is 4.30. The Morgan fingerprint density at radius 2 is 2.03 bits per heavy atom. The number of hydrogen-bond acceptors (Lipinski definition) is 8. The highest BCUT2D eigenvalue weighted by Crippen LogP contribution is 2.28. The molecule has 2 heterocycles. The maximum Gasteiger partial charge on any atom is 0.325 e. The molecule has 2 aliphatic rings. The summed E-state index contributed by atoms with van der Waals surface area (Å²) in [6.45, 7) is 1.67. The number of guanidine groups is 1. The Labute approximate surface area is 224 Å². The zero-order valence-electron chi connectivity index (χ0n) is 20.1. The number of allylic oxidation sites excluding steroid dienone is 1. The maximum atomic E-state index is 12.7. The first-order valence-electron chi connectivity index (χ1n) is 11.4. The quantitative estimate of drug-likeness (QED) is 0.347. The van der Waals surface area contributed by atoms with Gasteiger partial charge in [-0.3, -0.25) is 10.1 Å². The minimum atomic E-state index is -1.03. The van der Waals surface area contributed by atoms with Gasteiger partial charge < -0.3 is 19.6 Å². The average molecular weight is 545 g/mol. The maximum absolute atomic E-state index is 12.7. The lowest BCUT2D eigenvalue weighted by atomic mass is 10.1. The summed E-state index contributed by atoms with van der Waals surface area (Å²) in [5.41, 5.74) is 4.55. The number of imide groups is 1. The van der Waals surface area contributed by atoms with E-state index in [1.54, 1.807) is 31.0 Å². The first-order chi connectivity index (χ1) is 17.7. The number of halogens is 2. The number of aliphatic hydroxyl groups is 1. The second-order valence-corrected chi connectivity index (χ2v) is 9.36. The molecule has 3 N–H and O–H groups in total. The average Bonchev–Trinajstić information content (AvgIpc) is 3.23. The number of likely N-dealkylation sites (N-methyl/N-ethyl adjacent to an activating group) is 1. The van der Waals surface area contributed by atoms with Crippen molar-refractivity contribution in [3.05, 3.63) is 70.2 Å². The van der Waals surface area contributed by atoms with Gasteiger partial charge in [0.25, 0.3) is 5.91 Å². The number of amides is 3. The molecular formula is C25H26Cl2N6O4. The molecule has 37 heavy (non-hydrogen) atoms. The third-order valence-electron chi connectivity index (χ3n) is 5.74. The second-order valence-electron chi connectivity index (χ2n) is 8.52. The molecule has 12 heteroatoms. The van der Waals surface area contributed by atoms with Gasteiger partial charge in [0.05, 0.1) is 17.3 Å². The Bertz CT molecular complexity index is 1250. The third-order valence-corrected chi connectivity index (χ3v) is 6.27. The van der Waals surface area contributed by atoms with Crippen LogP contribution >= 0.6 is 23.2 Å². The van der Waals surface area contributed by atoms with Crippen molar-refractivity contribution in [3.63, 3.8) is 0 Å². The Morgan fingerprint density at radius 3 is 2.76 bits per heavy atom. The summed E-state index contributed by atoms with van der Waals surface area (Å²) in [4.78, 5) is 32.3. The molecule has 0 radical (unpaired) electrons. The van der Waals surface area contributed by atoms with Crippen molar-refractivity contribution in [1.29, 1.82) is 0 Å². The van der Waals surface area contributed by atoms with E-state index >= 15 is 0 Å². The Hall–Kier alpha value is -3.60. The molecule has 0 aromatic heterocycles. The molecule has 10 nitrogen and oxygen atoms in total. The molecule has 0 aliphatic carbocycles. The third kappa shape index (κ3) is 6.40. The van der Waals surface area contributed by atoms with Gasteiger partial charge in [-0.1, -0.05) is 59.6 Å². The number of rotatable bonds is 8. The fourth-order valence-electron chi connectivity index (χ4n) is 3.83. The predicted octanol–water partition coefficient (Wildman–Crippen LogP) is 2.96. The number of aliphatic imine (C=N–C) groups is 1. The predicted molar refractivity (Wildman–Crippen MR) is 143 cm³/mol. The van der Waals surface area contributed by atoms with Gasteiger partial charge in [-0.05, 0) is 36.8 Å². The lowest BCUT2D eigenvalue weighted by molar-refractivity contribution is -0.127. The van der Waals surface area contributed by atoms with E-state index in [9.17, 15) is 14.7 Å². The van der Waals surface area contributed by atoms with E-state index in [4.69, 9.17) is 27.9 Å². The Kier molecular flexibility index (Phi) is 8.32. The fraction of sp³-hybridized carbons (Fsp3) is 0.280. The summed E-state index contributed by atoms with van der Waals surface area (Å²) < 4.78 is 5.64. The molecule has 2 aliphatic heterocycles. The molecule has 1 fully saturated rings. The first kappa shape index (κ1) is 26.5. The second kappa shape index (κ2) is 11.6. The van der Waals surface area contributed by atoms with Crippen LogP contribution < -0.4 is 15.5 Å². The number of ether oxygens (including phenoxy) is 1. The summed E-state index contributed by atoms with van der Waals surface area (Å²) >= 11 is 12.1. The number of carbonyl (C=O) groups is 2. The number of aliphatic hydroxyl groups excluding tert-OH is 1. The van der Waals surface area contributed by atoms with Crippen LogP contribution in [-0.4, -0.2) is 77.0 Å². The molecule has 0 spiro atoms. The molecule has 0 saturated carbocycles. The number of benzene rings is 2. The van der Waals surface area contributed by atoms with Crippen molar-refractivity contribution < 1.29 is 19.4 Å². The van der Waals surface area contributed by atoms with Crippen molar-refractivity contribution in [3.8, 4) is 5.75 Å². The smallest absolute Gasteiger partial charge is 0.325 e. The van der Waals surface area contributed by atoms with Gasteiger partial charge in [-0.25, -0.2) is 15.2 Å². The van der Waals surface area contributed by atoms with E-state index in [-0.39, 0.29) is 19.1 Å². The van der Waals surface area contributed by atoms with Crippen LogP contribution in [0.25, 0.3) is 6.08 Å². The van der Waals surface area contributed by atoms with Crippen LogP contribution in [0.4, 0.5) is 4.79 Å². The standard InChI is InChI=1S/C25H26Cl2N6O4/c1-15(8-9-16-6-4-3-5-7-16)30-31-24-28-22-21(23(35)29-25(36)32(22)2)33(24)13-18(34)14-37-20-11-10-17(26)12-19(20)27/h3-12,18,21-22,34H,13-14H2,1-2H3,(H,28,31)(H,29,35,36)/b9-8+,30-15-. The summed E-state index contributed by atoms with van der Waals surface area (Å²) in [5, 5.41) is 18.2. The number of nitrogens with one attached hydrogen (secondary N) is 2. The normalized spacial score (nSPS) is 20.6. The molecule has 3 atom stereocenters. The molecule has 4 rings (SSSR count). The van der Waals surface area contributed by atoms with E-state index in [1.165, 1.54) is 11.0 Å². The molecular weight excluding hydrogens is 519 g/mol. The SMILES string of the molecule is CC(/C=C/c1ccccc1)=N/NC1=NC2C(C(=O)NC(=O)N2C)N1CC(O)COc1ccc(Cl)cc1Cl. The van der Waals surface area contributed by atoms with E-state index in [0.717, 1.165) is 5.56 Å². The largest absolute Gasteiger partial charge is 0.489 e. The van der Waals surface area contributed by atoms with Crippen LogP contribution in [0, 0.1) is 0 Å². The van der Waals surface area contributed by atoms with E-state index in [0.29, 0.717) is 21.5 Å². The number of nitrogens with zero attached hydrogens (tertiary/aromatic N) is 4. The zero-order chi connectivity index (χ0) is 26.5. The van der Waals surface area contributed by atoms with Crippen molar-refractivity contribution in [2.75, 3.05) is 20.2 Å². The van der Waals surface area contributed by atoms with Gasteiger partial charge in [0.15, 0.2) is 12.2 Å². The first-order valence-corrected chi connectivity index (χ1v) is 12.2. The summed E-state index contributed by atoms with van der Waals surface area (Å²) in [7, 11) is 1.54. The van der Waals surface area contributed by atoms with E-state index in [1.807, 2.05) is 42.5 Å². The van der Waals surface area contributed by atoms with Crippen molar-refractivity contribution in [1.82, 2.24) is 20.5 Å². The molecule has 0 bridgehead atoms. The number of hydrazone groups is 1. The highest BCUT2D eigenvalue weighted by atomic mass is 35.5. The van der Waals surface area contributed by atoms with Gasteiger partial charge >= 0.3 is 6.03 Å². The highest BCUT2D eigenvalue weighted by molar-refractivity contribution is 6.35. The lowest BCUT2D eigenvalue weighted by Crippen LogP contribution is -2.64. The van der Waals surface area contributed by atoms with Crippen LogP contribution in [0.2, 0.25) is 10.0 Å². The van der Waals surface area contributed by atoms with Crippen LogP contribution in [0.1, 0.15) is 12.5 Å². The van der Waals surface area contributed by atoms with Crippen LogP contribution in [0.15, 0.2) is 64.7 Å². The number of β-amino-alcohol motifs (C(OH)–C–C–N with tert-alkyl or cyclic N) is 1. The van der Waals surface area contributed by atoms with E-state index in [2.05, 4.69) is 20.8 Å². The number of urea groups is 1. The molecule has 2 aromatic rings. The molecule has 1 saturated heterocycles. The lowest BCUT2D eigenvalue weighted by Gasteiger charge is -2.36. The van der Waals surface area contributed by atoms with Crippen molar-refractivity contribution in [2.24, 2.45) is 10.1 Å². The van der Waals surface area contributed by atoms with Gasteiger partial charge in [-0.2, -0.15) is 5.10 Å². The van der Waals surface area contributed by atoms with Crippen LogP contribution in [0.5, 0.6) is 5.75 Å². The molecule has 2 aromatic carbocycles. The molecule has 3 amide bonds. The topological polar surface area (TPSA) is 119 Å². The Balaban J connectivity index is 1.48. The monoisotopic (exact) mass is 544 g/mol. The molecule has 3 unspecified atom stereocenters. The number of hydrogen-bond donors (Lipinski definition) is 3. The zero-order valence-corrected chi connectivity index (χ0v) is 21.6. The summed E-state index contributed by atoms with van der Waals surface area (Å²) in [6, 6.07) is 13.1.